The number of hydrogen-bond acceptors (Lipinski definition) is 5. The summed E-state index contributed by atoms with van der Waals surface area (Å²) < 4.78 is 42.0. The van der Waals surface area contributed by atoms with Gasteiger partial charge in [0.2, 0.25) is 5.91 Å². The van der Waals surface area contributed by atoms with Gasteiger partial charge in [-0.3, -0.25) is 9.59 Å². The van der Waals surface area contributed by atoms with E-state index in [9.17, 15) is 22.8 Å². The van der Waals surface area contributed by atoms with E-state index in [1.54, 1.807) is 22.9 Å². The smallest absolute Gasteiger partial charge is 0.406 e. The second kappa shape index (κ2) is 8.39. The van der Waals surface area contributed by atoms with Gasteiger partial charge in [0.15, 0.2) is 0 Å². The van der Waals surface area contributed by atoms with Gasteiger partial charge in [-0.05, 0) is 49.4 Å². The molecule has 0 atom stereocenters. The number of alkyl halides is 3. The Hall–Kier alpha value is -3.63. The van der Waals surface area contributed by atoms with Crippen LogP contribution >= 0.6 is 0 Å². The summed E-state index contributed by atoms with van der Waals surface area (Å²) >= 11 is 0. The number of ether oxygens (including phenoxy) is 1. The molecule has 0 unspecified atom stereocenters. The topological polar surface area (TPSA) is 89.4 Å². The number of rotatable bonds is 6. The van der Waals surface area contributed by atoms with Crippen LogP contribution in [0.25, 0.3) is 11.0 Å². The van der Waals surface area contributed by atoms with Crippen molar-refractivity contribution in [2.75, 3.05) is 18.9 Å². The molecule has 0 fully saturated rings. The third kappa shape index (κ3) is 5.04. The first-order valence-electron chi connectivity index (χ1n) is 8.90. The zero-order valence-electron chi connectivity index (χ0n) is 16.1. The van der Waals surface area contributed by atoms with Crippen LogP contribution in [0.15, 0.2) is 42.5 Å². The highest BCUT2D eigenvalue weighted by atomic mass is 19.4. The molecular weight excluding hydrogens is 403 g/mol. The van der Waals surface area contributed by atoms with E-state index in [-0.39, 0.29) is 18.1 Å². The summed E-state index contributed by atoms with van der Waals surface area (Å²) in [6.07, 6.45) is -4.79. The Balaban J connectivity index is 1.60. The number of fused-ring (bicyclic) bond motifs is 1. The Kier molecular flexibility index (Phi) is 5.90. The lowest BCUT2D eigenvalue weighted by Gasteiger charge is -2.17. The summed E-state index contributed by atoms with van der Waals surface area (Å²) in [6, 6.07) is 9.67. The maximum absolute atomic E-state index is 12.6. The highest BCUT2D eigenvalue weighted by Crippen LogP contribution is 2.24. The molecule has 0 saturated heterocycles. The van der Waals surface area contributed by atoms with Crippen LogP contribution in [0.3, 0.4) is 0 Å². The first-order chi connectivity index (χ1) is 14.2. The first kappa shape index (κ1) is 21.1. The molecular formula is C19H18F3N5O3. The van der Waals surface area contributed by atoms with Crippen molar-refractivity contribution in [3.8, 4) is 5.75 Å². The van der Waals surface area contributed by atoms with E-state index in [1.807, 2.05) is 6.92 Å². The standard InChI is InChI=1S/C19H18F3N5O3/c1-3-27-16-9-4-12(10-15(16)24-25-27)18(29)26(2)11-17(28)23-13-5-7-14(8-6-13)30-19(20,21)22/h4-10H,3,11H2,1-2H3,(H,23,28). The molecule has 3 aromatic rings. The number of hydrogen-bond donors (Lipinski definition) is 1. The van der Waals surface area contributed by atoms with Crippen molar-refractivity contribution >= 4 is 28.5 Å². The quantitative estimate of drug-likeness (QED) is 0.661. The van der Waals surface area contributed by atoms with Crippen molar-refractivity contribution < 1.29 is 27.5 Å². The second-order valence-electron chi connectivity index (χ2n) is 6.39. The van der Waals surface area contributed by atoms with Crippen LogP contribution in [0.5, 0.6) is 5.75 Å². The molecule has 1 heterocycles. The predicted octanol–water partition coefficient (Wildman–Crippen LogP) is 3.06. The van der Waals surface area contributed by atoms with Gasteiger partial charge in [-0.2, -0.15) is 0 Å². The van der Waals surface area contributed by atoms with E-state index in [2.05, 4.69) is 20.4 Å². The van der Waals surface area contributed by atoms with E-state index < -0.39 is 18.0 Å². The molecule has 2 amide bonds. The predicted molar refractivity (Wildman–Crippen MR) is 102 cm³/mol. The number of aromatic nitrogens is 3. The van der Waals surface area contributed by atoms with Crippen molar-refractivity contribution in [3.63, 3.8) is 0 Å². The molecule has 3 rings (SSSR count). The number of anilines is 1. The molecule has 1 N–H and O–H groups in total. The number of carbonyl (C=O) groups excluding carboxylic acids is 2. The Labute approximate surface area is 169 Å². The summed E-state index contributed by atoms with van der Waals surface area (Å²) in [5, 5.41) is 10.5. The lowest BCUT2D eigenvalue weighted by Crippen LogP contribution is -2.34. The molecule has 11 heteroatoms. The van der Waals surface area contributed by atoms with E-state index in [0.29, 0.717) is 17.6 Å². The van der Waals surface area contributed by atoms with Gasteiger partial charge in [-0.25, -0.2) is 4.68 Å². The summed E-state index contributed by atoms with van der Waals surface area (Å²) in [6.45, 7) is 2.32. The zero-order valence-corrected chi connectivity index (χ0v) is 16.1. The molecule has 0 aliphatic rings. The van der Waals surface area contributed by atoms with Crippen LogP contribution in [-0.4, -0.2) is 51.7 Å². The monoisotopic (exact) mass is 421 g/mol. The third-order valence-corrected chi connectivity index (χ3v) is 4.16. The maximum atomic E-state index is 12.6. The van der Waals surface area contributed by atoms with Crippen molar-refractivity contribution in [2.24, 2.45) is 0 Å². The van der Waals surface area contributed by atoms with Crippen LogP contribution in [0.1, 0.15) is 17.3 Å². The first-order valence-corrected chi connectivity index (χ1v) is 8.90. The van der Waals surface area contributed by atoms with Crippen LogP contribution in [-0.2, 0) is 11.3 Å². The summed E-state index contributed by atoms with van der Waals surface area (Å²) in [5.41, 5.74) is 2.00. The number of aryl methyl sites for hydroxylation is 1. The molecule has 0 aliphatic carbocycles. The zero-order chi connectivity index (χ0) is 21.9. The largest absolute Gasteiger partial charge is 0.573 e. The van der Waals surface area contributed by atoms with Crippen LogP contribution in [0.2, 0.25) is 0 Å². The lowest BCUT2D eigenvalue weighted by atomic mass is 10.1. The van der Waals surface area contributed by atoms with Crippen molar-refractivity contribution in [1.82, 2.24) is 19.9 Å². The molecule has 158 valence electrons. The number of nitrogens with zero attached hydrogens (tertiary/aromatic N) is 4. The van der Waals surface area contributed by atoms with E-state index in [4.69, 9.17) is 0 Å². The molecule has 0 saturated carbocycles. The van der Waals surface area contributed by atoms with Crippen molar-refractivity contribution in [2.45, 2.75) is 19.8 Å². The molecule has 1 aromatic heterocycles. The number of amides is 2. The minimum absolute atomic E-state index is 0.251. The average Bonchev–Trinajstić information content (AvgIpc) is 3.10. The second-order valence-corrected chi connectivity index (χ2v) is 6.39. The number of likely N-dealkylation sites (N-methyl/N-ethyl adjacent to an activating group) is 1. The highest BCUT2D eigenvalue weighted by molar-refractivity contribution is 6.00. The van der Waals surface area contributed by atoms with Crippen LogP contribution in [0.4, 0.5) is 18.9 Å². The van der Waals surface area contributed by atoms with Gasteiger partial charge in [0.1, 0.15) is 11.3 Å². The van der Waals surface area contributed by atoms with E-state index in [0.717, 1.165) is 17.6 Å². The third-order valence-electron chi connectivity index (χ3n) is 4.16. The van der Waals surface area contributed by atoms with Crippen LogP contribution in [0, 0.1) is 0 Å². The maximum Gasteiger partial charge on any atom is 0.573 e. The Morgan fingerprint density at radius 2 is 1.87 bits per heavy atom. The van der Waals surface area contributed by atoms with Gasteiger partial charge in [0, 0.05) is 24.8 Å². The van der Waals surface area contributed by atoms with Gasteiger partial charge < -0.3 is 15.0 Å². The number of benzene rings is 2. The fourth-order valence-corrected chi connectivity index (χ4v) is 2.79. The van der Waals surface area contributed by atoms with Crippen molar-refractivity contribution in [3.05, 3.63) is 48.0 Å². The number of carbonyl (C=O) groups is 2. The lowest BCUT2D eigenvalue weighted by molar-refractivity contribution is -0.274. The SMILES string of the molecule is CCn1nnc2cc(C(=O)N(C)CC(=O)Nc3ccc(OC(F)(F)F)cc3)ccc21. The summed E-state index contributed by atoms with van der Waals surface area (Å²) in [4.78, 5) is 26.0. The fraction of sp³-hybridized carbons (Fsp3) is 0.263. The van der Waals surface area contributed by atoms with Gasteiger partial charge in [0.05, 0.1) is 12.1 Å². The normalized spacial score (nSPS) is 11.4. The molecule has 2 aromatic carbocycles. The minimum Gasteiger partial charge on any atom is -0.406 e. The number of nitrogens with one attached hydrogen (secondary N) is 1. The summed E-state index contributed by atoms with van der Waals surface area (Å²) in [5.74, 6) is -1.29. The number of halogens is 3. The van der Waals surface area contributed by atoms with Gasteiger partial charge >= 0.3 is 6.36 Å². The molecule has 30 heavy (non-hydrogen) atoms. The molecule has 0 radical (unpaired) electrons. The van der Waals surface area contributed by atoms with Crippen LogP contribution < -0.4 is 10.1 Å². The Morgan fingerprint density at radius 1 is 1.17 bits per heavy atom. The Morgan fingerprint density at radius 3 is 2.50 bits per heavy atom. The van der Waals surface area contributed by atoms with Gasteiger partial charge in [0.25, 0.3) is 5.91 Å². The molecule has 0 bridgehead atoms. The molecule has 0 aliphatic heterocycles. The summed E-state index contributed by atoms with van der Waals surface area (Å²) in [7, 11) is 1.47. The highest BCUT2D eigenvalue weighted by Gasteiger charge is 2.31. The minimum atomic E-state index is -4.79. The molecule has 8 nitrogen and oxygen atoms in total. The van der Waals surface area contributed by atoms with E-state index >= 15 is 0 Å². The fourth-order valence-electron chi connectivity index (χ4n) is 2.79. The average molecular weight is 421 g/mol. The van der Waals surface area contributed by atoms with Gasteiger partial charge in [-0.15, -0.1) is 18.3 Å². The van der Waals surface area contributed by atoms with E-state index in [1.165, 1.54) is 24.1 Å². The molecule has 0 spiro atoms. The Bertz CT molecular complexity index is 1060. The van der Waals surface area contributed by atoms with Crippen molar-refractivity contribution in [1.29, 1.82) is 0 Å². The van der Waals surface area contributed by atoms with Gasteiger partial charge in [-0.1, -0.05) is 5.21 Å².